The highest BCUT2D eigenvalue weighted by Crippen LogP contribution is 2.38. The van der Waals surface area contributed by atoms with Gasteiger partial charge in [0, 0.05) is 40.5 Å². The quantitative estimate of drug-likeness (QED) is 0.298. The van der Waals surface area contributed by atoms with Crippen molar-refractivity contribution < 1.29 is 36.9 Å². The molecule has 0 aliphatic carbocycles. The molecule has 0 saturated carbocycles. The molecule has 1 N–H and O–H groups in total. The predicted octanol–water partition coefficient (Wildman–Crippen LogP) is 4.57. The first kappa shape index (κ1) is 27.0. The number of carbonyl (C=O) groups is 1. The fraction of sp³-hybridized carbons (Fsp3) is 0.276. The molecule has 9 heteroatoms. The Morgan fingerprint density at radius 1 is 1.03 bits per heavy atom. The molecule has 0 spiro atoms. The lowest BCUT2D eigenvalue weighted by Crippen LogP contribution is -2.07. The minimum atomic E-state index is -3.00. The van der Waals surface area contributed by atoms with Crippen molar-refractivity contribution in [1.82, 2.24) is 0 Å². The molecule has 4 rings (SSSR count). The van der Waals surface area contributed by atoms with Gasteiger partial charge in [0.2, 0.25) is 0 Å². The van der Waals surface area contributed by atoms with Crippen LogP contribution < -0.4 is 14.2 Å². The third kappa shape index (κ3) is 7.73. The van der Waals surface area contributed by atoms with E-state index in [1.165, 1.54) is 12.3 Å². The fourth-order valence-corrected chi connectivity index (χ4v) is 4.58. The van der Waals surface area contributed by atoms with Gasteiger partial charge in [0.1, 0.15) is 39.5 Å². The molecule has 1 aliphatic heterocycles. The molecule has 0 radical (unpaired) electrons. The van der Waals surface area contributed by atoms with Gasteiger partial charge in [0.15, 0.2) is 0 Å². The zero-order chi connectivity index (χ0) is 27.1. The summed E-state index contributed by atoms with van der Waals surface area (Å²) in [6, 6.07) is 16.9. The SMILES string of the molecule is CS(=O)(=O)CCCOc1ccc(C#Cc2ccc(F)c(COc3ccc4c(c3)OCC4CC(=O)O)c2)cc1. The van der Waals surface area contributed by atoms with E-state index in [1.807, 2.05) is 0 Å². The number of fused-ring (bicyclic) bond motifs is 1. The number of rotatable bonds is 10. The van der Waals surface area contributed by atoms with Gasteiger partial charge in [-0.05, 0) is 55.0 Å². The summed E-state index contributed by atoms with van der Waals surface area (Å²) in [4.78, 5) is 11.0. The van der Waals surface area contributed by atoms with Gasteiger partial charge in [-0.1, -0.05) is 17.9 Å². The molecule has 198 valence electrons. The van der Waals surface area contributed by atoms with Gasteiger partial charge in [-0.25, -0.2) is 12.8 Å². The van der Waals surface area contributed by atoms with Gasteiger partial charge in [-0.3, -0.25) is 4.79 Å². The molecule has 1 unspecified atom stereocenters. The second-order valence-corrected chi connectivity index (χ2v) is 11.3. The average molecular weight is 539 g/mol. The minimum absolute atomic E-state index is 0.00251. The number of aliphatic carboxylic acids is 1. The number of ether oxygens (including phenoxy) is 3. The topological polar surface area (TPSA) is 99.1 Å². The van der Waals surface area contributed by atoms with E-state index >= 15 is 0 Å². The van der Waals surface area contributed by atoms with E-state index in [0.29, 0.717) is 48.0 Å². The standard InChI is InChI=1S/C29H27FO7S/c1-38(33,34)14-2-13-35-24-8-5-20(6-9-24)3-4-21-7-12-27(30)23(15-21)19-36-25-10-11-26-22(16-29(31)32)18-37-28(26)17-25/h5-12,15,17,22H,2,13-14,16,18-19H2,1H3,(H,31,32). The van der Waals surface area contributed by atoms with Crippen molar-refractivity contribution in [3.05, 3.63) is 88.7 Å². The minimum Gasteiger partial charge on any atom is -0.494 e. The summed E-state index contributed by atoms with van der Waals surface area (Å²) < 4.78 is 53.7. The molecular weight excluding hydrogens is 511 g/mol. The van der Waals surface area contributed by atoms with E-state index in [4.69, 9.17) is 19.3 Å². The first-order valence-corrected chi connectivity index (χ1v) is 14.0. The van der Waals surface area contributed by atoms with Crippen molar-refractivity contribution in [2.24, 2.45) is 0 Å². The highest BCUT2D eigenvalue weighted by molar-refractivity contribution is 7.90. The Morgan fingerprint density at radius 3 is 2.47 bits per heavy atom. The van der Waals surface area contributed by atoms with Crippen LogP contribution in [0.1, 0.15) is 41.0 Å². The Morgan fingerprint density at radius 2 is 1.74 bits per heavy atom. The number of hydrogen-bond donors (Lipinski definition) is 1. The van der Waals surface area contributed by atoms with Crippen LogP contribution in [0.15, 0.2) is 60.7 Å². The molecule has 38 heavy (non-hydrogen) atoms. The van der Waals surface area contributed by atoms with Crippen molar-refractivity contribution in [2.75, 3.05) is 25.2 Å². The zero-order valence-electron chi connectivity index (χ0n) is 20.8. The fourth-order valence-electron chi connectivity index (χ4n) is 3.94. The van der Waals surface area contributed by atoms with Crippen LogP contribution in [-0.2, 0) is 21.2 Å². The number of hydrogen-bond acceptors (Lipinski definition) is 6. The van der Waals surface area contributed by atoms with E-state index in [1.54, 1.807) is 54.6 Å². The number of carboxylic acids is 1. The Bertz CT molecular complexity index is 1470. The van der Waals surface area contributed by atoms with Crippen LogP contribution in [0.5, 0.6) is 17.2 Å². The first-order chi connectivity index (χ1) is 18.2. The smallest absolute Gasteiger partial charge is 0.304 e. The molecule has 1 heterocycles. The van der Waals surface area contributed by atoms with Gasteiger partial charge >= 0.3 is 5.97 Å². The Hall–Kier alpha value is -4.03. The van der Waals surface area contributed by atoms with Crippen molar-refractivity contribution in [3.8, 4) is 29.1 Å². The molecule has 1 aliphatic rings. The predicted molar refractivity (Wildman–Crippen MR) is 140 cm³/mol. The third-order valence-corrected chi connectivity index (χ3v) is 6.89. The molecule has 0 saturated heterocycles. The summed E-state index contributed by atoms with van der Waals surface area (Å²) in [5.74, 6) is 6.36. The van der Waals surface area contributed by atoms with E-state index < -0.39 is 21.6 Å². The van der Waals surface area contributed by atoms with Crippen LogP contribution in [-0.4, -0.2) is 44.7 Å². The van der Waals surface area contributed by atoms with Gasteiger partial charge in [-0.2, -0.15) is 0 Å². The van der Waals surface area contributed by atoms with Crippen molar-refractivity contribution in [1.29, 1.82) is 0 Å². The summed E-state index contributed by atoms with van der Waals surface area (Å²) in [6.07, 6.45) is 1.62. The second-order valence-electron chi connectivity index (χ2n) is 9.01. The van der Waals surface area contributed by atoms with Crippen molar-refractivity contribution >= 4 is 15.8 Å². The molecule has 0 amide bonds. The van der Waals surface area contributed by atoms with Crippen LogP contribution in [0, 0.1) is 17.7 Å². The van der Waals surface area contributed by atoms with Gasteiger partial charge in [0.05, 0.1) is 25.4 Å². The maximum atomic E-state index is 14.4. The maximum Gasteiger partial charge on any atom is 0.304 e. The third-order valence-electron chi connectivity index (χ3n) is 5.86. The van der Waals surface area contributed by atoms with Crippen LogP contribution in [0.25, 0.3) is 0 Å². The molecule has 7 nitrogen and oxygen atoms in total. The largest absolute Gasteiger partial charge is 0.494 e. The molecular formula is C29H27FO7S. The summed E-state index contributed by atoms with van der Waals surface area (Å²) in [5, 5.41) is 9.04. The number of benzene rings is 3. The number of carboxylic acid groups (broad SMARTS) is 1. The number of halogens is 1. The highest BCUT2D eigenvalue weighted by atomic mass is 32.2. The zero-order valence-corrected chi connectivity index (χ0v) is 21.6. The first-order valence-electron chi connectivity index (χ1n) is 12.0. The van der Waals surface area contributed by atoms with Crippen molar-refractivity contribution in [2.45, 2.75) is 25.4 Å². The molecule has 0 fully saturated rings. The summed E-state index contributed by atoms with van der Waals surface area (Å²) >= 11 is 0. The summed E-state index contributed by atoms with van der Waals surface area (Å²) in [6.45, 7) is 0.605. The monoisotopic (exact) mass is 538 g/mol. The van der Waals surface area contributed by atoms with E-state index in [9.17, 15) is 17.6 Å². The average Bonchev–Trinajstić information content (AvgIpc) is 3.26. The van der Waals surface area contributed by atoms with E-state index in [0.717, 1.165) is 11.1 Å². The van der Waals surface area contributed by atoms with Crippen molar-refractivity contribution in [3.63, 3.8) is 0 Å². The van der Waals surface area contributed by atoms with Gasteiger partial charge < -0.3 is 19.3 Å². The normalized spacial score (nSPS) is 14.1. The Balaban J connectivity index is 1.34. The Kier molecular flexibility index (Phi) is 8.54. The van der Waals surface area contributed by atoms with E-state index in [-0.39, 0.29) is 24.7 Å². The van der Waals surface area contributed by atoms with Crippen LogP contribution >= 0.6 is 0 Å². The Labute approximate surface area is 221 Å². The lowest BCUT2D eigenvalue weighted by atomic mass is 9.98. The van der Waals surface area contributed by atoms with Gasteiger partial charge in [0.25, 0.3) is 0 Å². The maximum absolute atomic E-state index is 14.4. The molecule has 1 atom stereocenters. The van der Waals surface area contributed by atoms with E-state index in [2.05, 4.69) is 11.8 Å². The second kappa shape index (κ2) is 12.0. The molecule has 0 bridgehead atoms. The molecule has 0 aromatic heterocycles. The summed E-state index contributed by atoms with van der Waals surface area (Å²) in [7, 11) is -3.00. The summed E-state index contributed by atoms with van der Waals surface area (Å²) in [5.41, 5.74) is 2.55. The van der Waals surface area contributed by atoms with Crippen LogP contribution in [0.3, 0.4) is 0 Å². The highest BCUT2D eigenvalue weighted by Gasteiger charge is 2.26. The molecule has 3 aromatic rings. The number of sulfone groups is 1. The van der Waals surface area contributed by atoms with Gasteiger partial charge in [-0.15, -0.1) is 0 Å². The lowest BCUT2D eigenvalue weighted by molar-refractivity contribution is -0.137. The lowest BCUT2D eigenvalue weighted by Gasteiger charge is -2.10. The van der Waals surface area contributed by atoms with Crippen LogP contribution in [0.2, 0.25) is 0 Å². The van der Waals surface area contributed by atoms with Crippen LogP contribution in [0.4, 0.5) is 4.39 Å². The molecule has 3 aromatic carbocycles.